The molecular weight excluding hydrogens is 230 g/mol. The number of thiocarbonyl (C=S) groups is 1. The van der Waals surface area contributed by atoms with E-state index in [0.717, 1.165) is 30.3 Å². The Labute approximate surface area is 109 Å². The number of para-hydroxylation sites is 1. The Morgan fingerprint density at radius 2 is 1.76 bits per heavy atom. The highest BCUT2D eigenvalue weighted by Gasteiger charge is 2.04. The van der Waals surface area contributed by atoms with Crippen LogP contribution in [0.1, 0.15) is 6.42 Å². The molecule has 0 aliphatic heterocycles. The first-order valence-electron chi connectivity index (χ1n) is 5.81. The second-order valence-corrected chi connectivity index (χ2v) is 4.76. The standard InChI is InChI=1S/C13H21N3S/c1-15(2)10-7-11-16(3)13(17)14-12-8-5-4-6-9-12/h4-6,8-9H,7,10-11H2,1-3H3,(H,14,17). The van der Waals surface area contributed by atoms with Gasteiger partial charge in [0.1, 0.15) is 0 Å². The fourth-order valence-electron chi connectivity index (χ4n) is 1.47. The molecular formula is C13H21N3S. The maximum atomic E-state index is 5.34. The van der Waals surface area contributed by atoms with E-state index in [-0.39, 0.29) is 0 Å². The van der Waals surface area contributed by atoms with Crippen molar-refractivity contribution in [1.82, 2.24) is 9.80 Å². The Hall–Kier alpha value is -1.13. The van der Waals surface area contributed by atoms with Crippen LogP contribution in [0.25, 0.3) is 0 Å². The van der Waals surface area contributed by atoms with Crippen molar-refractivity contribution in [3.05, 3.63) is 30.3 Å². The average Bonchev–Trinajstić information content (AvgIpc) is 2.29. The van der Waals surface area contributed by atoms with Crippen molar-refractivity contribution in [2.45, 2.75) is 6.42 Å². The van der Waals surface area contributed by atoms with Gasteiger partial charge >= 0.3 is 0 Å². The van der Waals surface area contributed by atoms with Crippen LogP contribution >= 0.6 is 12.2 Å². The minimum Gasteiger partial charge on any atom is -0.352 e. The zero-order valence-corrected chi connectivity index (χ0v) is 11.6. The van der Waals surface area contributed by atoms with Gasteiger partial charge in [0.25, 0.3) is 0 Å². The van der Waals surface area contributed by atoms with E-state index in [9.17, 15) is 0 Å². The van der Waals surface area contributed by atoms with Gasteiger partial charge in [0.2, 0.25) is 0 Å². The Bertz CT molecular complexity index is 338. The van der Waals surface area contributed by atoms with Crippen molar-refractivity contribution in [3.8, 4) is 0 Å². The predicted molar refractivity (Wildman–Crippen MR) is 78.5 cm³/mol. The van der Waals surface area contributed by atoms with Crippen molar-refractivity contribution in [1.29, 1.82) is 0 Å². The van der Waals surface area contributed by atoms with Crippen LogP contribution in [-0.4, -0.2) is 49.1 Å². The number of nitrogens with zero attached hydrogens (tertiary/aromatic N) is 2. The van der Waals surface area contributed by atoms with Crippen molar-refractivity contribution in [3.63, 3.8) is 0 Å². The third kappa shape index (κ3) is 5.65. The SMILES string of the molecule is CN(C)CCCN(C)C(=S)Nc1ccccc1. The van der Waals surface area contributed by atoms with Gasteiger partial charge in [-0.2, -0.15) is 0 Å². The fourth-order valence-corrected chi connectivity index (χ4v) is 1.68. The molecule has 17 heavy (non-hydrogen) atoms. The molecule has 0 heterocycles. The van der Waals surface area contributed by atoms with Crippen LogP contribution in [0.2, 0.25) is 0 Å². The van der Waals surface area contributed by atoms with Crippen molar-refractivity contribution in [2.24, 2.45) is 0 Å². The van der Waals surface area contributed by atoms with E-state index in [4.69, 9.17) is 12.2 Å². The van der Waals surface area contributed by atoms with Crippen molar-refractivity contribution >= 4 is 23.0 Å². The number of hydrogen-bond acceptors (Lipinski definition) is 2. The molecule has 0 aliphatic rings. The van der Waals surface area contributed by atoms with Crippen molar-refractivity contribution in [2.75, 3.05) is 39.5 Å². The van der Waals surface area contributed by atoms with Gasteiger partial charge in [0.15, 0.2) is 5.11 Å². The van der Waals surface area contributed by atoms with E-state index in [2.05, 4.69) is 29.2 Å². The quantitative estimate of drug-likeness (QED) is 0.809. The summed E-state index contributed by atoms with van der Waals surface area (Å²) in [6, 6.07) is 10.0. The molecule has 0 fully saturated rings. The summed E-state index contributed by atoms with van der Waals surface area (Å²) in [4.78, 5) is 4.26. The molecule has 1 N–H and O–H groups in total. The highest BCUT2D eigenvalue weighted by Crippen LogP contribution is 2.06. The Kier molecular flexibility index (Phi) is 5.94. The van der Waals surface area contributed by atoms with Crippen molar-refractivity contribution < 1.29 is 0 Å². The van der Waals surface area contributed by atoms with Gasteiger partial charge in [-0.25, -0.2) is 0 Å². The third-order valence-corrected chi connectivity index (χ3v) is 2.88. The number of hydrogen-bond donors (Lipinski definition) is 1. The zero-order chi connectivity index (χ0) is 12.7. The van der Waals surface area contributed by atoms with E-state index in [0.29, 0.717) is 0 Å². The summed E-state index contributed by atoms with van der Waals surface area (Å²) in [5.41, 5.74) is 1.04. The summed E-state index contributed by atoms with van der Waals surface area (Å²) in [5.74, 6) is 0. The monoisotopic (exact) mass is 251 g/mol. The fraction of sp³-hybridized carbons (Fsp3) is 0.462. The van der Waals surface area contributed by atoms with Crippen LogP contribution in [0.5, 0.6) is 0 Å². The number of anilines is 1. The smallest absolute Gasteiger partial charge is 0.173 e. The van der Waals surface area contributed by atoms with Gasteiger partial charge in [-0.05, 0) is 51.4 Å². The molecule has 0 unspecified atom stereocenters. The lowest BCUT2D eigenvalue weighted by Gasteiger charge is -2.21. The summed E-state index contributed by atoms with van der Waals surface area (Å²) < 4.78 is 0. The van der Waals surface area contributed by atoms with E-state index in [1.165, 1.54) is 0 Å². The lowest BCUT2D eigenvalue weighted by Crippen LogP contribution is -2.33. The molecule has 3 nitrogen and oxygen atoms in total. The molecule has 1 aromatic rings. The second kappa shape index (κ2) is 7.25. The number of nitrogens with one attached hydrogen (secondary N) is 1. The minimum atomic E-state index is 0.773. The first kappa shape index (κ1) is 13.9. The average molecular weight is 251 g/mol. The molecule has 0 saturated heterocycles. The molecule has 1 rings (SSSR count). The van der Waals surface area contributed by atoms with Gasteiger partial charge < -0.3 is 15.1 Å². The topological polar surface area (TPSA) is 18.5 Å². The molecule has 0 bridgehead atoms. The summed E-state index contributed by atoms with van der Waals surface area (Å²) >= 11 is 5.34. The Morgan fingerprint density at radius 1 is 1.12 bits per heavy atom. The summed E-state index contributed by atoms with van der Waals surface area (Å²) in [5, 5.41) is 4.00. The van der Waals surface area contributed by atoms with Gasteiger partial charge in [-0.3, -0.25) is 0 Å². The third-order valence-electron chi connectivity index (χ3n) is 2.47. The molecule has 0 spiro atoms. The maximum Gasteiger partial charge on any atom is 0.173 e. The van der Waals surface area contributed by atoms with E-state index in [1.54, 1.807) is 0 Å². The number of rotatable bonds is 5. The molecule has 1 aromatic carbocycles. The van der Waals surface area contributed by atoms with E-state index in [1.807, 2.05) is 37.4 Å². The first-order chi connectivity index (χ1) is 8.09. The molecule has 0 atom stereocenters. The van der Waals surface area contributed by atoms with Crippen LogP contribution in [-0.2, 0) is 0 Å². The molecule has 0 amide bonds. The highest BCUT2D eigenvalue weighted by molar-refractivity contribution is 7.80. The van der Waals surface area contributed by atoms with Crippen LogP contribution in [0, 0.1) is 0 Å². The summed E-state index contributed by atoms with van der Waals surface area (Å²) in [7, 11) is 6.19. The van der Waals surface area contributed by atoms with E-state index < -0.39 is 0 Å². The summed E-state index contributed by atoms with van der Waals surface area (Å²) in [6.07, 6.45) is 1.11. The van der Waals surface area contributed by atoms with E-state index >= 15 is 0 Å². The Morgan fingerprint density at radius 3 is 2.35 bits per heavy atom. The normalized spacial score (nSPS) is 10.4. The predicted octanol–water partition coefficient (Wildman–Crippen LogP) is 2.27. The van der Waals surface area contributed by atoms with Crippen LogP contribution in [0.15, 0.2) is 30.3 Å². The molecule has 0 saturated carbocycles. The van der Waals surface area contributed by atoms with Gasteiger partial charge in [0.05, 0.1) is 0 Å². The largest absolute Gasteiger partial charge is 0.352 e. The van der Waals surface area contributed by atoms with Gasteiger partial charge in [0, 0.05) is 19.3 Å². The highest BCUT2D eigenvalue weighted by atomic mass is 32.1. The molecule has 4 heteroatoms. The lowest BCUT2D eigenvalue weighted by atomic mass is 10.3. The lowest BCUT2D eigenvalue weighted by molar-refractivity contribution is 0.371. The molecule has 0 radical (unpaired) electrons. The Balaban J connectivity index is 2.32. The molecule has 0 aliphatic carbocycles. The zero-order valence-electron chi connectivity index (χ0n) is 10.8. The second-order valence-electron chi connectivity index (χ2n) is 4.37. The number of benzene rings is 1. The molecule has 94 valence electrons. The molecule has 0 aromatic heterocycles. The maximum absolute atomic E-state index is 5.34. The van der Waals surface area contributed by atoms with Crippen LogP contribution < -0.4 is 5.32 Å². The van der Waals surface area contributed by atoms with Gasteiger partial charge in [-0.1, -0.05) is 18.2 Å². The first-order valence-corrected chi connectivity index (χ1v) is 6.22. The van der Waals surface area contributed by atoms with Crippen LogP contribution in [0.3, 0.4) is 0 Å². The van der Waals surface area contributed by atoms with Gasteiger partial charge in [-0.15, -0.1) is 0 Å². The summed E-state index contributed by atoms with van der Waals surface area (Å²) in [6.45, 7) is 2.05. The van der Waals surface area contributed by atoms with Crippen LogP contribution in [0.4, 0.5) is 5.69 Å². The minimum absolute atomic E-state index is 0.773.